The monoisotopic (exact) mass is 401 g/mol. The van der Waals surface area contributed by atoms with Gasteiger partial charge >= 0.3 is 0 Å². The first kappa shape index (κ1) is 20.4. The van der Waals surface area contributed by atoms with Crippen LogP contribution in [0.25, 0.3) is 16.7 Å². The molecule has 156 valence electrons. The Morgan fingerprint density at radius 1 is 0.967 bits per heavy atom. The highest BCUT2D eigenvalue weighted by atomic mass is 16.5. The number of ether oxygens (including phenoxy) is 1. The van der Waals surface area contributed by atoms with Gasteiger partial charge in [0.05, 0.1) is 0 Å². The smallest absolute Gasteiger partial charge is 0.147 e. The van der Waals surface area contributed by atoms with E-state index in [1.165, 1.54) is 5.56 Å². The van der Waals surface area contributed by atoms with Gasteiger partial charge in [-0.3, -0.25) is 0 Å². The molecular weight excluding hydrogens is 370 g/mol. The summed E-state index contributed by atoms with van der Waals surface area (Å²) in [5.41, 5.74) is 4.16. The molecule has 0 amide bonds. The standard InChI is InChI=1S/C26H31N3O/c1-25(2,3)18-26(4,5)19-15-16-24(30-20-11-7-6-8-12-20)23(17-19)29-27-21-13-9-10-14-22(21)28-29/h6-11,13-17,20H,12,18H2,1-5H3. The second-order valence-corrected chi connectivity index (χ2v) is 9.99. The first-order valence-electron chi connectivity index (χ1n) is 10.7. The zero-order valence-electron chi connectivity index (χ0n) is 18.6. The molecule has 0 bridgehead atoms. The van der Waals surface area contributed by atoms with Gasteiger partial charge in [-0.2, -0.15) is 0 Å². The third-order valence-electron chi connectivity index (χ3n) is 5.43. The van der Waals surface area contributed by atoms with E-state index >= 15 is 0 Å². The van der Waals surface area contributed by atoms with Crippen LogP contribution < -0.4 is 4.74 Å². The molecule has 4 heteroatoms. The van der Waals surface area contributed by atoms with Crippen LogP contribution >= 0.6 is 0 Å². The number of aromatic nitrogens is 3. The molecule has 1 atom stereocenters. The summed E-state index contributed by atoms with van der Waals surface area (Å²) in [6, 6.07) is 14.4. The van der Waals surface area contributed by atoms with Gasteiger partial charge in [0.15, 0.2) is 0 Å². The minimum atomic E-state index is 0.0194. The van der Waals surface area contributed by atoms with Crippen molar-refractivity contribution in [2.75, 3.05) is 0 Å². The first-order chi connectivity index (χ1) is 14.2. The van der Waals surface area contributed by atoms with E-state index in [0.29, 0.717) is 0 Å². The highest BCUT2D eigenvalue weighted by Crippen LogP contribution is 2.38. The van der Waals surface area contributed by atoms with Gasteiger partial charge < -0.3 is 4.74 Å². The summed E-state index contributed by atoms with van der Waals surface area (Å²) >= 11 is 0. The predicted molar refractivity (Wildman–Crippen MR) is 123 cm³/mol. The van der Waals surface area contributed by atoms with E-state index in [1.807, 2.05) is 30.3 Å². The lowest BCUT2D eigenvalue weighted by atomic mass is 9.72. The summed E-state index contributed by atoms with van der Waals surface area (Å²) in [5, 5.41) is 9.46. The number of rotatable bonds is 5. The van der Waals surface area contributed by atoms with Crippen molar-refractivity contribution in [1.29, 1.82) is 0 Å². The summed E-state index contributed by atoms with van der Waals surface area (Å²) in [4.78, 5) is 1.72. The van der Waals surface area contributed by atoms with Gasteiger partial charge in [-0.25, -0.2) is 0 Å². The average Bonchev–Trinajstić information content (AvgIpc) is 3.11. The number of nitrogens with zero attached hydrogens (tertiary/aromatic N) is 3. The van der Waals surface area contributed by atoms with Crippen LogP contribution in [-0.4, -0.2) is 21.1 Å². The Kier molecular flexibility index (Phi) is 5.27. The Balaban J connectivity index is 1.78. The summed E-state index contributed by atoms with van der Waals surface area (Å²) < 4.78 is 6.37. The van der Waals surface area contributed by atoms with Gasteiger partial charge in [0.1, 0.15) is 28.6 Å². The molecule has 1 unspecified atom stereocenters. The molecule has 1 heterocycles. The Hall–Kier alpha value is -2.88. The zero-order chi connectivity index (χ0) is 21.4. The van der Waals surface area contributed by atoms with Gasteiger partial charge in [0.25, 0.3) is 0 Å². The third kappa shape index (κ3) is 4.48. The van der Waals surface area contributed by atoms with E-state index in [2.05, 4.69) is 71.0 Å². The maximum atomic E-state index is 6.37. The van der Waals surface area contributed by atoms with Crippen molar-refractivity contribution in [1.82, 2.24) is 15.0 Å². The average molecular weight is 402 g/mol. The van der Waals surface area contributed by atoms with Crippen LogP contribution in [0.4, 0.5) is 0 Å². The molecule has 4 nitrogen and oxygen atoms in total. The lowest BCUT2D eigenvalue weighted by molar-refractivity contribution is 0.249. The number of allylic oxidation sites excluding steroid dienone is 2. The van der Waals surface area contributed by atoms with Gasteiger partial charge in [0.2, 0.25) is 0 Å². The lowest BCUT2D eigenvalue weighted by Crippen LogP contribution is -2.25. The maximum absolute atomic E-state index is 6.37. The SMILES string of the molecule is CC(C)(C)CC(C)(C)c1ccc(OC2C=CC=CC2)c(-n2nc3ccccc3n2)c1. The fourth-order valence-electron chi connectivity index (χ4n) is 4.40. The molecule has 0 fully saturated rings. The molecule has 0 aliphatic heterocycles. The summed E-state index contributed by atoms with van der Waals surface area (Å²) in [5.74, 6) is 0.801. The van der Waals surface area contributed by atoms with Crippen molar-refractivity contribution in [2.45, 2.75) is 59.0 Å². The van der Waals surface area contributed by atoms with E-state index in [9.17, 15) is 0 Å². The largest absolute Gasteiger partial charge is 0.484 e. The second kappa shape index (κ2) is 7.75. The molecule has 1 aliphatic rings. The van der Waals surface area contributed by atoms with Crippen molar-refractivity contribution in [3.63, 3.8) is 0 Å². The Labute approximate surface area is 179 Å². The second-order valence-electron chi connectivity index (χ2n) is 9.99. The number of benzene rings is 2. The van der Waals surface area contributed by atoms with Crippen LogP contribution in [0.15, 0.2) is 66.8 Å². The van der Waals surface area contributed by atoms with Crippen LogP contribution in [0.5, 0.6) is 5.75 Å². The van der Waals surface area contributed by atoms with Crippen LogP contribution in [0, 0.1) is 5.41 Å². The molecule has 2 aromatic carbocycles. The van der Waals surface area contributed by atoms with Crippen molar-refractivity contribution in [3.05, 3.63) is 72.3 Å². The molecule has 0 saturated carbocycles. The van der Waals surface area contributed by atoms with Gasteiger partial charge in [-0.1, -0.05) is 71.0 Å². The summed E-state index contributed by atoms with van der Waals surface area (Å²) in [7, 11) is 0. The molecule has 3 aromatic rings. The normalized spacial score (nSPS) is 16.9. The topological polar surface area (TPSA) is 39.9 Å². The molecule has 0 saturated heterocycles. The van der Waals surface area contributed by atoms with E-state index in [-0.39, 0.29) is 16.9 Å². The Morgan fingerprint density at radius 2 is 1.67 bits per heavy atom. The fraction of sp³-hybridized carbons (Fsp3) is 0.385. The summed E-state index contributed by atoms with van der Waals surface area (Å²) in [6.07, 6.45) is 10.3. The molecular formula is C26H31N3O. The highest BCUT2D eigenvalue weighted by molar-refractivity contribution is 5.73. The molecule has 0 radical (unpaired) electrons. The predicted octanol–water partition coefficient (Wildman–Crippen LogP) is 6.40. The first-order valence-corrected chi connectivity index (χ1v) is 10.7. The van der Waals surface area contributed by atoms with E-state index < -0.39 is 0 Å². The van der Waals surface area contributed by atoms with Crippen molar-refractivity contribution >= 4 is 11.0 Å². The molecule has 0 N–H and O–H groups in total. The van der Waals surface area contributed by atoms with Gasteiger partial charge in [-0.05, 0) is 53.2 Å². The number of hydrogen-bond donors (Lipinski definition) is 0. The van der Waals surface area contributed by atoms with E-state index in [4.69, 9.17) is 14.9 Å². The minimum absolute atomic E-state index is 0.0194. The summed E-state index contributed by atoms with van der Waals surface area (Å²) in [6.45, 7) is 11.5. The van der Waals surface area contributed by atoms with Crippen LogP contribution in [0.2, 0.25) is 0 Å². The molecule has 4 rings (SSSR count). The molecule has 1 aliphatic carbocycles. The van der Waals surface area contributed by atoms with Crippen LogP contribution in [0.1, 0.15) is 53.0 Å². The third-order valence-corrected chi connectivity index (χ3v) is 5.43. The van der Waals surface area contributed by atoms with Gasteiger partial charge in [-0.15, -0.1) is 15.0 Å². The maximum Gasteiger partial charge on any atom is 0.147 e. The number of fused-ring (bicyclic) bond motifs is 1. The van der Waals surface area contributed by atoms with Crippen molar-refractivity contribution in [3.8, 4) is 11.4 Å². The molecule has 0 spiro atoms. The molecule has 30 heavy (non-hydrogen) atoms. The molecule has 1 aromatic heterocycles. The van der Waals surface area contributed by atoms with Crippen molar-refractivity contribution in [2.24, 2.45) is 5.41 Å². The van der Waals surface area contributed by atoms with E-state index in [1.54, 1.807) is 4.80 Å². The van der Waals surface area contributed by atoms with Crippen LogP contribution in [-0.2, 0) is 5.41 Å². The lowest BCUT2D eigenvalue weighted by Gasteiger charge is -2.33. The number of hydrogen-bond acceptors (Lipinski definition) is 3. The zero-order valence-corrected chi connectivity index (χ0v) is 18.6. The highest BCUT2D eigenvalue weighted by Gasteiger charge is 2.28. The quantitative estimate of drug-likeness (QED) is 0.497. The van der Waals surface area contributed by atoms with E-state index in [0.717, 1.165) is 35.3 Å². The van der Waals surface area contributed by atoms with Gasteiger partial charge in [0, 0.05) is 6.42 Å². The van der Waals surface area contributed by atoms with Crippen molar-refractivity contribution < 1.29 is 4.74 Å². The Bertz CT molecular complexity index is 1070. The minimum Gasteiger partial charge on any atom is -0.484 e. The van der Waals surface area contributed by atoms with Crippen LogP contribution in [0.3, 0.4) is 0 Å². The Morgan fingerprint density at radius 3 is 2.27 bits per heavy atom. The fourth-order valence-corrected chi connectivity index (χ4v) is 4.40.